The summed E-state index contributed by atoms with van der Waals surface area (Å²) in [6.45, 7) is 2.37. The minimum Gasteiger partial charge on any atom is -0.354 e. The van der Waals surface area contributed by atoms with Gasteiger partial charge in [0.15, 0.2) is 0 Å². The van der Waals surface area contributed by atoms with Crippen molar-refractivity contribution in [2.45, 2.75) is 51.5 Å². The molecule has 1 atom stereocenters. The van der Waals surface area contributed by atoms with Crippen molar-refractivity contribution in [3.05, 3.63) is 59.7 Å². The predicted octanol–water partition coefficient (Wildman–Crippen LogP) is 3.89. The maximum atomic E-state index is 12.4. The average Bonchev–Trinajstić information content (AvgIpc) is 2.69. The number of allylic oxidation sites excluding steroid dienone is 1. The summed E-state index contributed by atoms with van der Waals surface area (Å²) in [6, 6.07) is 13.4. The van der Waals surface area contributed by atoms with Crippen LogP contribution in [0.15, 0.2) is 54.1 Å². The van der Waals surface area contributed by atoms with Crippen LogP contribution in [0.3, 0.4) is 0 Å². The minimum atomic E-state index is -0.534. The van der Waals surface area contributed by atoms with Gasteiger partial charge in [-0.1, -0.05) is 54.1 Å². The monoisotopic (exact) mass is 364 g/mol. The molecule has 2 amide bonds. The summed E-state index contributed by atoms with van der Waals surface area (Å²) in [5.41, 5.74) is 2.41. The van der Waals surface area contributed by atoms with Crippen LogP contribution < -0.4 is 10.6 Å². The van der Waals surface area contributed by atoms with Gasteiger partial charge in [-0.15, -0.1) is 0 Å². The molecule has 1 aliphatic rings. The molecular weight excluding hydrogens is 336 g/mol. The van der Waals surface area contributed by atoms with Crippen LogP contribution >= 0.6 is 0 Å². The third-order valence-electron chi connectivity index (χ3n) is 5.13. The first-order chi connectivity index (χ1) is 13.1. The molecule has 0 heterocycles. The number of fused-ring (bicyclic) bond motifs is 1. The van der Waals surface area contributed by atoms with Crippen LogP contribution in [0.25, 0.3) is 10.8 Å². The Bertz CT molecular complexity index is 836. The first-order valence-corrected chi connectivity index (χ1v) is 9.85. The molecule has 4 nitrogen and oxygen atoms in total. The molecule has 2 aromatic carbocycles. The van der Waals surface area contributed by atoms with E-state index in [1.807, 2.05) is 42.5 Å². The fraction of sp³-hybridized carbons (Fsp3) is 0.391. The van der Waals surface area contributed by atoms with Gasteiger partial charge in [0.2, 0.25) is 11.8 Å². The molecule has 0 saturated heterocycles. The highest BCUT2D eigenvalue weighted by Gasteiger charge is 2.16. The van der Waals surface area contributed by atoms with Crippen molar-refractivity contribution in [2.75, 3.05) is 6.54 Å². The summed E-state index contributed by atoms with van der Waals surface area (Å²) in [4.78, 5) is 24.6. The molecule has 0 aromatic heterocycles. The molecule has 2 aromatic rings. The number of carbonyl (C=O) groups excluding carboxylic acids is 2. The Kier molecular flexibility index (Phi) is 6.64. The van der Waals surface area contributed by atoms with Crippen molar-refractivity contribution >= 4 is 22.6 Å². The minimum absolute atomic E-state index is 0.127. The fourth-order valence-corrected chi connectivity index (χ4v) is 3.61. The topological polar surface area (TPSA) is 58.2 Å². The number of hydrogen-bond donors (Lipinski definition) is 2. The molecule has 0 spiro atoms. The van der Waals surface area contributed by atoms with E-state index in [1.165, 1.54) is 18.4 Å². The Morgan fingerprint density at radius 2 is 1.89 bits per heavy atom. The van der Waals surface area contributed by atoms with Crippen molar-refractivity contribution in [3.8, 4) is 0 Å². The van der Waals surface area contributed by atoms with E-state index >= 15 is 0 Å². The molecule has 27 heavy (non-hydrogen) atoms. The van der Waals surface area contributed by atoms with Crippen molar-refractivity contribution in [1.82, 2.24) is 10.6 Å². The molecule has 1 aliphatic carbocycles. The second-order valence-corrected chi connectivity index (χ2v) is 7.25. The van der Waals surface area contributed by atoms with Gasteiger partial charge in [-0.3, -0.25) is 9.59 Å². The summed E-state index contributed by atoms with van der Waals surface area (Å²) in [5, 5.41) is 7.94. The summed E-state index contributed by atoms with van der Waals surface area (Å²) in [7, 11) is 0. The zero-order valence-corrected chi connectivity index (χ0v) is 16.0. The summed E-state index contributed by atoms with van der Waals surface area (Å²) >= 11 is 0. The van der Waals surface area contributed by atoms with Gasteiger partial charge in [0.1, 0.15) is 6.04 Å². The van der Waals surface area contributed by atoms with E-state index < -0.39 is 6.04 Å². The van der Waals surface area contributed by atoms with Crippen LogP contribution in [0.1, 0.15) is 44.6 Å². The second-order valence-electron chi connectivity index (χ2n) is 7.25. The zero-order chi connectivity index (χ0) is 19.1. The lowest BCUT2D eigenvalue weighted by Gasteiger charge is -2.16. The Hall–Kier alpha value is -2.62. The second kappa shape index (κ2) is 9.36. The van der Waals surface area contributed by atoms with Crippen LogP contribution in [-0.2, 0) is 16.0 Å². The summed E-state index contributed by atoms with van der Waals surface area (Å²) < 4.78 is 0. The highest BCUT2D eigenvalue weighted by molar-refractivity contribution is 5.92. The van der Waals surface area contributed by atoms with Crippen LogP contribution in [-0.4, -0.2) is 24.4 Å². The van der Waals surface area contributed by atoms with Crippen molar-refractivity contribution < 1.29 is 9.59 Å². The van der Waals surface area contributed by atoms with Gasteiger partial charge in [-0.25, -0.2) is 0 Å². The number of hydrogen-bond acceptors (Lipinski definition) is 2. The van der Waals surface area contributed by atoms with E-state index in [-0.39, 0.29) is 18.2 Å². The number of carbonyl (C=O) groups is 2. The molecular formula is C23H28N2O2. The van der Waals surface area contributed by atoms with Gasteiger partial charge in [0.25, 0.3) is 0 Å². The number of benzene rings is 2. The first kappa shape index (κ1) is 19.2. The third-order valence-corrected chi connectivity index (χ3v) is 5.13. The normalized spacial score (nSPS) is 15.1. The SMILES string of the molecule is C[C@H](NC(=O)Cc1cccc2ccccc12)C(=O)NCCC1=CCCCC1. The number of amides is 2. The highest BCUT2D eigenvalue weighted by atomic mass is 16.2. The van der Waals surface area contributed by atoms with Crippen LogP contribution in [0, 0.1) is 0 Å². The van der Waals surface area contributed by atoms with E-state index in [0.717, 1.165) is 35.6 Å². The lowest BCUT2D eigenvalue weighted by molar-refractivity contribution is -0.128. The molecule has 0 fully saturated rings. The molecule has 0 saturated carbocycles. The van der Waals surface area contributed by atoms with Gasteiger partial charge < -0.3 is 10.6 Å². The van der Waals surface area contributed by atoms with E-state index in [9.17, 15) is 9.59 Å². The smallest absolute Gasteiger partial charge is 0.242 e. The average molecular weight is 364 g/mol. The van der Waals surface area contributed by atoms with E-state index in [4.69, 9.17) is 0 Å². The highest BCUT2D eigenvalue weighted by Crippen LogP contribution is 2.20. The largest absolute Gasteiger partial charge is 0.354 e. The Balaban J connectivity index is 1.48. The molecule has 0 unspecified atom stereocenters. The van der Waals surface area contributed by atoms with Gasteiger partial charge >= 0.3 is 0 Å². The van der Waals surface area contributed by atoms with Gasteiger partial charge in [0, 0.05) is 6.54 Å². The van der Waals surface area contributed by atoms with Crippen molar-refractivity contribution in [1.29, 1.82) is 0 Å². The summed E-state index contributed by atoms with van der Waals surface area (Å²) in [5.74, 6) is -0.262. The summed E-state index contributed by atoms with van der Waals surface area (Å²) in [6.07, 6.45) is 8.30. The van der Waals surface area contributed by atoms with Gasteiger partial charge in [-0.05, 0) is 55.4 Å². The van der Waals surface area contributed by atoms with Crippen molar-refractivity contribution in [3.63, 3.8) is 0 Å². The lowest BCUT2D eigenvalue weighted by atomic mass is 9.97. The van der Waals surface area contributed by atoms with E-state index in [2.05, 4.69) is 16.7 Å². The van der Waals surface area contributed by atoms with Crippen LogP contribution in [0.4, 0.5) is 0 Å². The molecule has 0 aliphatic heterocycles. The van der Waals surface area contributed by atoms with Crippen molar-refractivity contribution in [2.24, 2.45) is 0 Å². The Morgan fingerprint density at radius 1 is 1.07 bits per heavy atom. The molecule has 2 N–H and O–H groups in total. The van der Waals surface area contributed by atoms with Gasteiger partial charge in [-0.2, -0.15) is 0 Å². The van der Waals surface area contributed by atoms with Crippen LogP contribution in [0.2, 0.25) is 0 Å². The Morgan fingerprint density at radius 3 is 2.70 bits per heavy atom. The van der Waals surface area contributed by atoms with E-state index in [0.29, 0.717) is 6.54 Å². The molecule has 4 heteroatoms. The zero-order valence-electron chi connectivity index (χ0n) is 16.0. The number of rotatable bonds is 7. The molecule has 0 bridgehead atoms. The Labute approximate surface area is 161 Å². The molecule has 0 radical (unpaired) electrons. The number of nitrogens with one attached hydrogen (secondary N) is 2. The molecule has 142 valence electrons. The quantitative estimate of drug-likeness (QED) is 0.732. The third kappa shape index (κ3) is 5.43. The van der Waals surface area contributed by atoms with E-state index in [1.54, 1.807) is 6.92 Å². The standard InChI is InChI=1S/C23H28N2O2/c1-17(23(27)24-15-14-18-8-3-2-4-9-18)25-22(26)16-20-12-7-11-19-10-5-6-13-21(19)20/h5-8,10-13,17H,2-4,9,14-16H2,1H3,(H,24,27)(H,25,26)/t17-/m0/s1. The maximum Gasteiger partial charge on any atom is 0.242 e. The maximum absolute atomic E-state index is 12.4. The predicted molar refractivity (Wildman–Crippen MR) is 109 cm³/mol. The first-order valence-electron chi connectivity index (χ1n) is 9.85. The molecule has 3 rings (SSSR count). The fourth-order valence-electron chi connectivity index (χ4n) is 3.61. The van der Waals surface area contributed by atoms with Crippen LogP contribution in [0.5, 0.6) is 0 Å². The lowest BCUT2D eigenvalue weighted by Crippen LogP contribution is -2.45. The van der Waals surface area contributed by atoms with Gasteiger partial charge in [0.05, 0.1) is 6.42 Å².